The van der Waals surface area contributed by atoms with Gasteiger partial charge in [-0.15, -0.1) is 0 Å². The van der Waals surface area contributed by atoms with Crippen LogP contribution in [0.1, 0.15) is 26.7 Å². The molecule has 6 nitrogen and oxygen atoms in total. The third kappa shape index (κ3) is 4.15. The van der Waals surface area contributed by atoms with Crippen molar-refractivity contribution in [2.45, 2.75) is 43.3 Å². The van der Waals surface area contributed by atoms with Crippen LogP contribution in [0.25, 0.3) is 0 Å². The molecule has 1 heterocycles. The van der Waals surface area contributed by atoms with Crippen LogP contribution >= 0.6 is 11.6 Å². The molecule has 1 unspecified atom stereocenters. The lowest BCUT2D eigenvalue weighted by atomic mass is 9.72. The van der Waals surface area contributed by atoms with Crippen LogP contribution in [0, 0.1) is 11.2 Å². The van der Waals surface area contributed by atoms with Crippen LogP contribution in [-0.4, -0.2) is 31.8 Å². The zero-order chi connectivity index (χ0) is 26.0. The van der Waals surface area contributed by atoms with E-state index in [0.717, 1.165) is 48.5 Å². The van der Waals surface area contributed by atoms with Gasteiger partial charge >= 0.3 is 6.18 Å². The number of nitrogens with zero attached hydrogens (tertiary/aromatic N) is 1. The molecule has 0 spiro atoms. The number of carbonyl (C=O) groups is 2. The van der Waals surface area contributed by atoms with Crippen LogP contribution in [-0.2, 0) is 19.6 Å². The molecule has 1 aliphatic carbocycles. The quantitative estimate of drug-likeness (QED) is 0.578. The van der Waals surface area contributed by atoms with E-state index in [4.69, 9.17) is 11.6 Å². The Balaban J connectivity index is 1.98. The van der Waals surface area contributed by atoms with E-state index in [1.165, 1.54) is 4.72 Å². The predicted molar refractivity (Wildman–Crippen MR) is 119 cm³/mol. The molecule has 0 fully saturated rings. The number of amides is 1. The average Bonchev–Trinajstić information content (AvgIpc) is 2.96. The Morgan fingerprint density at radius 3 is 2.09 bits per heavy atom. The highest BCUT2D eigenvalue weighted by molar-refractivity contribution is 7.89. The van der Waals surface area contributed by atoms with E-state index in [1.807, 2.05) is 0 Å². The summed E-state index contributed by atoms with van der Waals surface area (Å²) in [5.74, 6) is -3.42. The molecule has 1 atom stereocenters. The van der Waals surface area contributed by atoms with Gasteiger partial charge < -0.3 is 0 Å². The molecule has 0 saturated heterocycles. The van der Waals surface area contributed by atoms with E-state index in [-0.39, 0.29) is 29.2 Å². The molecule has 4 rings (SSSR count). The second-order valence-corrected chi connectivity index (χ2v) is 11.3. The molecule has 0 bridgehead atoms. The van der Waals surface area contributed by atoms with Gasteiger partial charge in [-0.2, -0.15) is 17.9 Å². The molecule has 0 radical (unpaired) electrons. The summed E-state index contributed by atoms with van der Waals surface area (Å²) < 4.78 is 85.7. The van der Waals surface area contributed by atoms with Gasteiger partial charge in [0.2, 0.25) is 15.6 Å². The van der Waals surface area contributed by atoms with Crippen molar-refractivity contribution in [3.8, 4) is 0 Å². The number of ketones is 1. The maximum atomic E-state index is 14.8. The molecule has 1 aliphatic heterocycles. The topological polar surface area (TPSA) is 83.6 Å². The van der Waals surface area contributed by atoms with Crippen LogP contribution in [0.4, 0.5) is 23.2 Å². The van der Waals surface area contributed by atoms with Gasteiger partial charge in [-0.25, -0.2) is 12.8 Å². The summed E-state index contributed by atoms with van der Waals surface area (Å²) in [6.07, 6.45) is -6.00. The third-order valence-corrected chi connectivity index (χ3v) is 7.66. The molecule has 12 heteroatoms. The fourth-order valence-electron chi connectivity index (χ4n) is 4.45. The largest absolute Gasteiger partial charge is 0.421 e. The molecule has 2 aliphatic rings. The number of hydrogen-bond donors (Lipinski definition) is 1. The van der Waals surface area contributed by atoms with E-state index in [0.29, 0.717) is 4.90 Å². The van der Waals surface area contributed by atoms with E-state index in [1.54, 1.807) is 13.8 Å². The normalized spacial score (nSPS) is 22.5. The summed E-state index contributed by atoms with van der Waals surface area (Å²) in [5, 5.41) is 0.142. The molecule has 1 amide bonds. The molecule has 186 valence electrons. The highest BCUT2D eigenvalue weighted by Crippen LogP contribution is 2.53. The summed E-state index contributed by atoms with van der Waals surface area (Å²) >= 11 is 5.76. The van der Waals surface area contributed by atoms with Crippen molar-refractivity contribution in [2.24, 2.45) is 5.41 Å². The summed E-state index contributed by atoms with van der Waals surface area (Å²) in [6, 6.07) is 8.36. The van der Waals surface area contributed by atoms with Crippen molar-refractivity contribution < 1.29 is 35.6 Å². The number of Topliss-reactive ketones (excluding diaryl/α,β-unsaturated/α-hetero) is 1. The number of rotatable bonds is 4. The smallest absolute Gasteiger partial charge is 0.294 e. The number of allylic oxidation sites excluding steroid dienone is 1. The van der Waals surface area contributed by atoms with Crippen LogP contribution in [0.3, 0.4) is 0 Å². The number of sulfonamides is 1. The molecular weight excluding hydrogens is 512 g/mol. The first-order valence-electron chi connectivity index (χ1n) is 10.3. The fraction of sp³-hybridized carbons (Fsp3) is 0.304. The minimum Gasteiger partial charge on any atom is -0.294 e. The van der Waals surface area contributed by atoms with E-state index in [2.05, 4.69) is 0 Å². The maximum absolute atomic E-state index is 14.8. The Bertz CT molecular complexity index is 1350. The van der Waals surface area contributed by atoms with E-state index in [9.17, 15) is 35.6 Å². The molecule has 2 aromatic rings. The molecular formula is C23H19ClF4N2O4S. The van der Waals surface area contributed by atoms with Gasteiger partial charge in [0, 0.05) is 22.8 Å². The van der Waals surface area contributed by atoms with Crippen molar-refractivity contribution in [3.63, 3.8) is 0 Å². The number of benzene rings is 2. The van der Waals surface area contributed by atoms with Gasteiger partial charge in [-0.1, -0.05) is 25.4 Å². The minimum absolute atomic E-state index is 0.127. The van der Waals surface area contributed by atoms with Crippen LogP contribution < -0.4 is 9.62 Å². The monoisotopic (exact) mass is 530 g/mol. The second-order valence-electron chi connectivity index (χ2n) is 9.19. The number of carbonyl (C=O) groups excluding carboxylic acids is 2. The Kier molecular flexibility index (Phi) is 5.89. The number of anilines is 1. The van der Waals surface area contributed by atoms with Gasteiger partial charge in [-0.05, 0) is 60.4 Å². The highest BCUT2D eigenvalue weighted by atomic mass is 35.5. The van der Waals surface area contributed by atoms with Crippen molar-refractivity contribution >= 4 is 39.0 Å². The Morgan fingerprint density at radius 2 is 1.54 bits per heavy atom. The van der Waals surface area contributed by atoms with Gasteiger partial charge in [-0.3, -0.25) is 14.5 Å². The van der Waals surface area contributed by atoms with E-state index >= 15 is 0 Å². The third-order valence-electron chi connectivity index (χ3n) is 5.94. The van der Waals surface area contributed by atoms with E-state index < -0.39 is 55.1 Å². The first-order chi connectivity index (χ1) is 16.1. The number of nitrogens with one attached hydrogen (secondary N) is 1. The molecule has 2 aromatic carbocycles. The number of hydrogen-bond acceptors (Lipinski definition) is 4. The second kappa shape index (κ2) is 8.14. The van der Waals surface area contributed by atoms with Crippen LogP contribution in [0.2, 0.25) is 5.02 Å². The maximum Gasteiger partial charge on any atom is 0.421 e. The molecule has 1 N–H and O–H groups in total. The Labute approximate surface area is 203 Å². The van der Waals surface area contributed by atoms with Gasteiger partial charge in [0.1, 0.15) is 5.82 Å². The first kappa shape index (κ1) is 25.3. The minimum atomic E-state index is -5.53. The zero-order valence-electron chi connectivity index (χ0n) is 18.4. The lowest BCUT2D eigenvalue weighted by Gasteiger charge is -2.35. The number of halogens is 5. The zero-order valence-corrected chi connectivity index (χ0v) is 20.0. The predicted octanol–water partition coefficient (Wildman–Crippen LogP) is 4.75. The van der Waals surface area contributed by atoms with Crippen molar-refractivity contribution in [3.05, 3.63) is 70.6 Å². The Morgan fingerprint density at radius 1 is 0.971 bits per heavy atom. The summed E-state index contributed by atoms with van der Waals surface area (Å²) in [6.45, 7) is 3.29. The highest BCUT2D eigenvalue weighted by Gasteiger charge is 2.72. The van der Waals surface area contributed by atoms with Gasteiger partial charge in [0.05, 0.1) is 10.5 Å². The lowest BCUT2D eigenvalue weighted by Crippen LogP contribution is -2.66. The summed E-state index contributed by atoms with van der Waals surface area (Å²) in [4.78, 5) is 26.8. The molecule has 0 saturated carbocycles. The molecule has 35 heavy (non-hydrogen) atoms. The fourth-order valence-corrected chi connectivity index (χ4v) is 5.90. The van der Waals surface area contributed by atoms with Crippen molar-refractivity contribution in [1.82, 2.24) is 4.72 Å². The lowest BCUT2D eigenvalue weighted by molar-refractivity contribution is -0.184. The first-order valence-corrected chi connectivity index (χ1v) is 12.2. The molecule has 0 aromatic heterocycles. The number of alkyl halides is 3. The SMILES string of the molecule is CC1(C)CC(=O)C2=C(C1)N(c1ccc(F)cc1)C(=O)C2(NS(=O)(=O)c1ccc(Cl)cc1)C(F)(F)F. The van der Waals surface area contributed by atoms with Crippen LogP contribution in [0.5, 0.6) is 0 Å². The van der Waals surface area contributed by atoms with Crippen molar-refractivity contribution in [1.29, 1.82) is 0 Å². The summed E-state index contributed by atoms with van der Waals surface area (Å²) in [7, 11) is -4.97. The average molecular weight is 531 g/mol. The summed E-state index contributed by atoms with van der Waals surface area (Å²) in [5.41, 5.74) is -6.07. The van der Waals surface area contributed by atoms with Gasteiger partial charge in [0.15, 0.2) is 5.78 Å². The van der Waals surface area contributed by atoms with Crippen molar-refractivity contribution in [2.75, 3.05) is 4.90 Å². The Hall–Kier alpha value is -2.76. The van der Waals surface area contributed by atoms with Crippen LogP contribution in [0.15, 0.2) is 64.7 Å². The standard InChI is InChI=1S/C23H19ClF4N2O4S/c1-21(2)11-17-19(18(31)12-21)22(23(26,27)28,20(32)30(17)15-7-5-14(25)6-8-15)29-35(33,34)16-9-3-13(24)4-10-16/h3-10,29H,11-12H2,1-2H3. The van der Waals surface area contributed by atoms with Gasteiger partial charge in [0.25, 0.3) is 5.91 Å².